The lowest BCUT2D eigenvalue weighted by molar-refractivity contribution is -0.134. The Bertz CT molecular complexity index is 1350. The summed E-state index contributed by atoms with van der Waals surface area (Å²) in [5.41, 5.74) is 3.73. The lowest BCUT2D eigenvalue weighted by Gasteiger charge is -2.35. The molecule has 1 N–H and O–H groups in total. The summed E-state index contributed by atoms with van der Waals surface area (Å²) in [6.45, 7) is 2.26. The Kier molecular flexibility index (Phi) is 4.63. The van der Waals surface area contributed by atoms with Crippen LogP contribution in [0.25, 0.3) is 22.0 Å². The van der Waals surface area contributed by atoms with Crippen molar-refractivity contribution in [1.29, 1.82) is 0 Å². The van der Waals surface area contributed by atoms with Crippen molar-refractivity contribution < 1.29 is 9.59 Å². The number of amidine groups is 1. The molecule has 3 aromatic rings. The van der Waals surface area contributed by atoms with E-state index in [4.69, 9.17) is 4.99 Å². The number of fused-ring (bicyclic) bond motifs is 1. The van der Waals surface area contributed by atoms with Crippen molar-refractivity contribution in [2.24, 2.45) is 16.8 Å². The number of carbonyl (C=O) groups is 2. The zero-order valence-corrected chi connectivity index (χ0v) is 19.7. The summed E-state index contributed by atoms with van der Waals surface area (Å²) in [5, 5.41) is 8.19. The van der Waals surface area contributed by atoms with E-state index in [2.05, 4.69) is 46.6 Å². The van der Waals surface area contributed by atoms with Crippen molar-refractivity contribution in [3.8, 4) is 11.1 Å². The van der Waals surface area contributed by atoms with Crippen LogP contribution >= 0.6 is 0 Å². The normalized spacial score (nSPS) is 23.3. The van der Waals surface area contributed by atoms with Gasteiger partial charge in [-0.05, 0) is 67.7 Å². The molecule has 2 aliphatic heterocycles. The van der Waals surface area contributed by atoms with Gasteiger partial charge in [-0.3, -0.25) is 24.6 Å². The van der Waals surface area contributed by atoms with Gasteiger partial charge in [-0.1, -0.05) is 30.3 Å². The van der Waals surface area contributed by atoms with Gasteiger partial charge in [-0.25, -0.2) is 0 Å². The van der Waals surface area contributed by atoms with E-state index in [1.165, 1.54) is 0 Å². The molecule has 2 aromatic carbocycles. The van der Waals surface area contributed by atoms with Crippen LogP contribution in [0.5, 0.6) is 0 Å². The second-order valence-corrected chi connectivity index (χ2v) is 10.7. The van der Waals surface area contributed by atoms with Crippen LogP contribution in [-0.2, 0) is 9.59 Å². The maximum atomic E-state index is 13.4. The molecule has 1 aromatic heterocycles. The fraction of sp³-hybridized carbons (Fsp3) is 0.429. The molecule has 0 unspecified atom stereocenters. The number of aromatic amines is 1. The number of benzene rings is 2. The maximum Gasteiger partial charge on any atom is 0.256 e. The molecule has 4 aliphatic rings. The first-order valence-corrected chi connectivity index (χ1v) is 12.8. The Morgan fingerprint density at radius 2 is 1.80 bits per heavy atom. The third kappa shape index (κ3) is 3.65. The van der Waals surface area contributed by atoms with Crippen LogP contribution in [0.4, 0.5) is 0 Å². The monoisotopic (exact) mass is 467 g/mol. The number of carbonyl (C=O) groups excluding carboxylic acids is 2. The van der Waals surface area contributed by atoms with Gasteiger partial charge in [0.1, 0.15) is 11.4 Å². The van der Waals surface area contributed by atoms with E-state index in [1.807, 2.05) is 22.1 Å². The molecule has 1 atom stereocenters. The smallest absolute Gasteiger partial charge is 0.256 e. The second kappa shape index (κ2) is 7.77. The summed E-state index contributed by atoms with van der Waals surface area (Å²) in [7, 11) is 0. The van der Waals surface area contributed by atoms with Gasteiger partial charge >= 0.3 is 0 Å². The van der Waals surface area contributed by atoms with E-state index in [0.717, 1.165) is 85.0 Å². The number of nitrogens with zero attached hydrogens (tertiary/aromatic N) is 4. The summed E-state index contributed by atoms with van der Waals surface area (Å²) in [6, 6.07) is 14.7. The van der Waals surface area contributed by atoms with Crippen molar-refractivity contribution in [3.05, 3.63) is 54.2 Å². The maximum absolute atomic E-state index is 13.4. The zero-order valence-electron chi connectivity index (χ0n) is 19.7. The number of nitrogens with one attached hydrogen (secondary N) is 1. The van der Waals surface area contributed by atoms with Crippen LogP contribution in [0.2, 0.25) is 0 Å². The molecule has 0 radical (unpaired) electrons. The Labute approximate surface area is 204 Å². The number of hydrogen-bond acceptors (Lipinski definition) is 4. The molecule has 0 bridgehead atoms. The third-order valence-corrected chi connectivity index (χ3v) is 8.06. The van der Waals surface area contributed by atoms with Crippen LogP contribution in [-0.4, -0.2) is 62.8 Å². The molecular formula is C28H29N5O2. The van der Waals surface area contributed by atoms with Gasteiger partial charge in [0.25, 0.3) is 5.91 Å². The number of piperidine rings is 1. The fourth-order valence-corrected chi connectivity index (χ4v) is 5.69. The minimum Gasteiger partial charge on any atom is -0.342 e. The average Bonchev–Trinajstić information content (AvgIpc) is 3.81. The van der Waals surface area contributed by atoms with Crippen molar-refractivity contribution in [1.82, 2.24) is 20.0 Å². The molecule has 7 heteroatoms. The van der Waals surface area contributed by atoms with E-state index in [-0.39, 0.29) is 11.8 Å². The lowest BCUT2D eigenvalue weighted by Crippen LogP contribution is -2.46. The molecule has 1 saturated heterocycles. The minimum absolute atomic E-state index is 0.146. The van der Waals surface area contributed by atoms with Crippen LogP contribution in [0.1, 0.15) is 44.1 Å². The number of rotatable bonds is 5. The molecular weight excluding hydrogens is 438 g/mol. The number of aliphatic imine (C=N–C) groups is 1. The highest BCUT2D eigenvalue weighted by atomic mass is 16.2. The minimum atomic E-state index is -0.529. The Hall–Kier alpha value is -3.48. The van der Waals surface area contributed by atoms with Crippen LogP contribution < -0.4 is 0 Å². The van der Waals surface area contributed by atoms with Crippen LogP contribution in [0, 0.1) is 11.8 Å². The molecule has 1 spiro atoms. The van der Waals surface area contributed by atoms with E-state index < -0.39 is 5.54 Å². The summed E-state index contributed by atoms with van der Waals surface area (Å²) in [5.74, 6) is 1.82. The van der Waals surface area contributed by atoms with Gasteiger partial charge in [-0.2, -0.15) is 5.10 Å². The van der Waals surface area contributed by atoms with Gasteiger partial charge in [0, 0.05) is 36.5 Å². The largest absolute Gasteiger partial charge is 0.342 e. The molecule has 35 heavy (non-hydrogen) atoms. The third-order valence-electron chi connectivity index (χ3n) is 8.06. The van der Waals surface area contributed by atoms with E-state index in [9.17, 15) is 9.59 Å². The molecule has 3 fully saturated rings. The topological polar surface area (TPSA) is 81.7 Å². The molecule has 7 rings (SSSR count). The number of amides is 2. The van der Waals surface area contributed by atoms with Crippen LogP contribution in [0.15, 0.2) is 53.7 Å². The first-order valence-electron chi connectivity index (χ1n) is 12.8. The molecule has 2 amide bonds. The molecule has 2 saturated carbocycles. The molecule has 3 heterocycles. The summed E-state index contributed by atoms with van der Waals surface area (Å²) < 4.78 is 0. The van der Waals surface area contributed by atoms with Gasteiger partial charge < -0.3 is 4.90 Å². The highest BCUT2D eigenvalue weighted by Gasteiger charge is 2.57. The van der Waals surface area contributed by atoms with Crippen molar-refractivity contribution in [3.63, 3.8) is 0 Å². The van der Waals surface area contributed by atoms with E-state index in [1.54, 1.807) is 0 Å². The molecule has 2 aliphatic carbocycles. The number of H-pyrrole nitrogens is 1. The van der Waals surface area contributed by atoms with Crippen molar-refractivity contribution in [2.75, 3.05) is 19.6 Å². The summed E-state index contributed by atoms with van der Waals surface area (Å²) >= 11 is 0. The highest BCUT2D eigenvalue weighted by Crippen LogP contribution is 2.46. The predicted octanol–water partition coefficient (Wildman–Crippen LogP) is 4.00. The summed E-state index contributed by atoms with van der Waals surface area (Å²) in [6.07, 6.45) is 7.65. The predicted molar refractivity (Wildman–Crippen MR) is 134 cm³/mol. The Morgan fingerprint density at radius 1 is 1.03 bits per heavy atom. The Balaban J connectivity index is 1.12. The lowest BCUT2D eigenvalue weighted by atomic mass is 9.96. The quantitative estimate of drug-likeness (QED) is 0.616. The fourth-order valence-electron chi connectivity index (χ4n) is 5.69. The molecule has 7 nitrogen and oxygen atoms in total. The van der Waals surface area contributed by atoms with E-state index in [0.29, 0.717) is 18.4 Å². The number of aromatic nitrogens is 2. The highest BCUT2D eigenvalue weighted by molar-refractivity contribution is 6.16. The van der Waals surface area contributed by atoms with Crippen molar-refractivity contribution in [2.45, 2.75) is 44.1 Å². The van der Waals surface area contributed by atoms with Gasteiger partial charge in [0.2, 0.25) is 5.91 Å². The van der Waals surface area contributed by atoms with E-state index >= 15 is 0 Å². The second-order valence-electron chi connectivity index (χ2n) is 10.7. The average molecular weight is 468 g/mol. The number of likely N-dealkylation sites (tertiary alicyclic amines) is 1. The SMILES string of the molecule is O=C(C1CC1)N1CCC[C@@H](CN2C(=O)C3(CC3)N=C2c2ccc(-c3ccc4[nH]ncc4c3)cc2)C1. The van der Waals surface area contributed by atoms with Gasteiger partial charge in [0.05, 0.1) is 11.7 Å². The van der Waals surface area contributed by atoms with Gasteiger partial charge in [-0.15, -0.1) is 0 Å². The van der Waals surface area contributed by atoms with Crippen molar-refractivity contribution >= 4 is 28.6 Å². The number of hydrogen-bond donors (Lipinski definition) is 1. The van der Waals surface area contributed by atoms with Gasteiger partial charge in [0.15, 0.2) is 0 Å². The first-order chi connectivity index (χ1) is 17.1. The van der Waals surface area contributed by atoms with Crippen LogP contribution in [0.3, 0.4) is 0 Å². The zero-order chi connectivity index (χ0) is 23.6. The standard InChI is InChI=1S/C28H29N5O2/c34-26(21-7-8-21)32-13-1-2-18(16-32)17-33-25(30-28(11-12-28)27(33)35)20-5-3-19(4-6-20)22-9-10-24-23(14-22)15-29-31-24/h3-6,9-10,14-15,18,21H,1-2,7-8,11-13,16-17H2,(H,29,31)/t18-/m1/s1. The first kappa shape index (κ1) is 20.9. The summed E-state index contributed by atoms with van der Waals surface area (Å²) in [4.78, 5) is 34.9. The molecule has 178 valence electrons. The Morgan fingerprint density at radius 3 is 2.57 bits per heavy atom.